The zero-order chi connectivity index (χ0) is 24.7. The van der Waals surface area contributed by atoms with Gasteiger partial charge in [0.2, 0.25) is 0 Å². The molecular weight excluding hydrogens is 424 g/mol. The van der Waals surface area contributed by atoms with Crippen molar-refractivity contribution < 1.29 is 14.3 Å². The van der Waals surface area contributed by atoms with Crippen molar-refractivity contribution in [3.05, 3.63) is 89.5 Å². The van der Waals surface area contributed by atoms with E-state index >= 15 is 0 Å². The Balaban J connectivity index is 1.59. The fraction of sp³-hybridized carbons (Fsp3) is 0.310. The van der Waals surface area contributed by atoms with E-state index in [4.69, 9.17) is 4.74 Å². The molecule has 0 aliphatic heterocycles. The molecular formula is C29H34N2O3. The van der Waals surface area contributed by atoms with E-state index < -0.39 is 0 Å². The maximum Gasteiger partial charge on any atom is 0.262 e. The second kappa shape index (κ2) is 11.0. The number of nitrogens with one attached hydrogen (secondary N) is 2. The van der Waals surface area contributed by atoms with Crippen molar-refractivity contribution in [3.8, 4) is 5.75 Å². The van der Waals surface area contributed by atoms with E-state index in [1.807, 2.05) is 48.5 Å². The number of para-hydroxylation sites is 1. The predicted octanol–water partition coefficient (Wildman–Crippen LogP) is 6.77. The molecule has 0 fully saturated rings. The fourth-order valence-corrected chi connectivity index (χ4v) is 3.58. The van der Waals surface area contributed by atoms with Crippen LogP contribution < -0.4 is 15.4 Å². The van der Waals surface area contributed by atoms with Crippen LogP contribution in [0.1, 0.15) is 68.4 Å². The number of ether oxygens (including phenoxy) is 1. The third kappa shape index (κ3) is 6.70. The second-order valence-electron chi connectivity index (χ2n) is 9.55. The van der Waals surface area contributed by atoms with Crippen LogP contribution in [0.4, 0.5) is 11.4 Å². The Kier molecular flexibility index (Phi) is 8.11. The van der Waals surface area contributed by atoms with Gasteiger partial charge in [-0.2, -0.15) is 0 Å². The number of benzene rings is 3. The Bertz CT molecular complexity index is 1130. The van der Waals surface area contributed by atoms with Gasteiger partial charge in [0.15, 0.2) is 6.61 Å². The van der Waals surface area contributed by atoms with E-state index in [-0.39, 0.29) is 23.8 Å². The summed E-state index contributed by atoms with van der Waals surface area (Å²) < 4.78 is 5.80. The summed E-state index contributed by atoms with van der Waals surface area (Å²) in [5.41, 5.74) is 4.06. The van der Waals surface area contributed by atoms with Crippen LogP contribution in [0.2, 0.25) is 0 Å². The molecule has 1 unspecified atom stereocenters. The van der Waals surface area contributed by atoms with E-state index in [2.05, 4.69) is 45.3 Å². The van der Waals surface area contributed by atoms with Gasteiger partial charge in [0.05, 0.1) is 0 Å². The first-order valence-corrected chi connectivity index (χ1v) is 11.7. The highest BCUT2D eigenvalue weighted by atomic mass is 16.5. The molecule has 34 heavy (non-hydrogen) atoms. The lowest BCUT2D eigenvalue weighted by Gasteiger charge is -2.19. The average molecular weight is 459 g/mol. The van der Waals surface area contributed by atoms with Crippen molar-refractivity contribution >= 4 is 23.2 Å². The van der Waals surface area contributed by atoms with Crippen LogP contribution in [0.3, 0.4) is 0 Å². The molecule has 0 bridgehead atoms. The molecule has 2 amide bonds. The van der Waals surface area contributed by atoms with E-state index in [0.717, 1.165) is 17.7 Å². The fourth-order valence-electron chi connectivity index (χ4n) is 3.58. The molecule has 0 heterocycles. The molecule has 178 valence electrons. The van der Waals surface area contributed by atoms with Gasteiger partial charge in [0.1, 0.15) is 5.75 Å². The molecule has 0 aromatic heterocycles. The summed E-state index contributed by atoms with van der Waals surface area (Å²) in [6, 6.07) is 22.5. The first-order chi connectivity index (χ1) is 16.2. The summed E-state index contributed by atoms with van der Waals surface area (Å²) in [5.74, 6) is 0.615. The van der Waals surface area contributed by atoms with Gasteiger partial charge in [0, 0.05) is 16.9 Å². The van der Waals surface area contributed by atoms with E-state index in [1.165, 1.54) is 5.56 Å². The molecule has 3 aromatic rings. The Morgan fingerprint density at radius 3 is 2.18 bits per heavy atom. The minimum Gasteiger partial charge on any atom is -0.483 e. The first-order valence-electron chi connectivity index (χ1n) is 11.7. The lowest BCUT2D eigenvalue weighted by Crippen LogP contribution is -2.21. The summed E-state index contributed by atoms with van der Waals surface area (Å²) in [6.07, 6.45) is 0.992. The Morgan fingerprint density at radius 1 is 0.882 bits per heavy atom. The molecule has 0 aliphatic carbocycles. The smallest absolute Gasteiger partial charge is 0.262 e. The largest absolute Gasteiger partial charge is 0.483 e. The van der Waals surface area contributed by atoms with Crippen LogP contribution in [0.5, 0.6) is 5.75 Å². The van der Waals surface area contributed by atoms with Gasteiger partial charge in [-0.1, -0.05) is 71.0 Å². The SMILES string of the molecule is CCC(C)c1ccccc1OCC(=O)Nc1cccc(NC(=O)c2ccc(C(C)(C)C)cc2)c1. The lowest BCUT2D eigenvalue weighted by atomic mass is 9.87. The maximum absolute atomic E-state index is 12.7. The van der Waals surface area contributed by atoms with Crippen LogP contribution in [0.25, 0.3) is 0 Å². The van der Waals surface area contributed by atoms with Crippen LogP contribution in [-0.2, 0) is 10.2 Å². The first kappa shape index (κ1) is 25.0. The molecule has 1 atom stereocenters. The highest BCUT2D eigenvalue weighted by Gasteiger charge is 2.15. The quantitative estimate of drug-likeness (QED) is 0.391. The van der Waals surface area contributed by atoms with E-state index in [0.29, 0.717) is 22.9 Å². The monoisotopic (exact) mass is 458 g/mol. The summed E-state index contributed by atoms with van der Waals surface area (Å²) in [5, 5.41) is 5.73. The van der Waals surface area contributed by atoms with Crippen molar-refractivity contribution in [2.75, 3.05) is 17.2 Å². The Labute approximate surface area is 202 Å². The van der Waals surface area contributed by atoms with Gasteiger partial charge >= 0.3 is 0 Å². The van der Waals surface area contributed by atoms with Gasteiger partial charge in [-0.3, -0.25) is 9.59 Å². The third-order valence-corrected chi connectivity index (χ3v) is 5.84. The topological polar surface area (TPSA) is 67.4 Å². The minimum atomic E-state index is -0.264. The zero-order valence-corrected chi connectivity index (χ0v) is 20.6. The zero-order valence-electron chi connectivity index (χ0n) is 20.6. The van der Waals surface area contributed by atoms with Crippen LogP contribution in [0.15, 0.2) is 72.8 Å². The molecule has 0 saturated heterocycles. The van der Waals surface area contributed by atoms with Crippen molar-refractivity contribution in [2.24, 2.45) is 0 Å². The number of rotatable bonds is 8. The number of anilines is 2. The van der Waals surface area contributed by atoms with Gasteiger partial charge < -0.3 is 15.4 Å². The summed E-state index contributed by atoms with van der Waals surface area (Å²) >= 11 is 0. The third-order valence-electron chi connectivity index (χ3n) is 5.84. The van der Waals surface area contributed by atoms with Crippen molar-refractivity contribution in [3.63, 3.8) is 0 Å². The van der Waals surface area contributed by atoms with E-state index in [9.17, 15) is 9.59 Å². The number of carbonyl (C=O) groups excluding carboxylic acids is 2. The highest BCUT2D eigenvalue weighted by Crippen LogP contribution is 2.28. The molecule has 0 radical (unpaired) electrons. The Hall–Kier alpha value is -3.60. The summed E-state index contributed by atoms with van der Waals surface area (Å²) in [7, 11) is 0. The van der Waals surface area contributed by atoms with E-state index in [1.54, 1.807) is 24.3 Å². The van der Waals surface area contributed by atoms with Crippen LogP contribution in [-0.4, -0.2) is 18.4 Å². The molecule has 0 saturated carbocycles. The van der Waals surface area contributed by atoms with Crippen molar-refractivity contribution in [1.29, 1.82) is 0 Å². The van der Waals surface area contributed by atoms with Crippen LogP contribution >= 0.6 is 0 Å². The summed E-state index contributed by atoms with van der Waals surface area (Å²) in [4.78, 5) is 25.1. The molecule has 5 nitrogen and oxygen atoms in total. The van der Waals surface area contributed by atoms with Crippen molar-refractivity contribution in [2.45, 2.75) is 52.4 Å². The molecule has 3 aromatic carbocycles. The molecule has 2 N–H and O–H groups in total. The van der Waals surface area contributed by atoms with Gasteiger partial charge in [-0.05, 0) is 65.3 Å². The molecule has 5 heteroatoms. The molecule has 0 aliphatic rings. The van der Waals surface area contributed by atoms with Gasteiger partial charge in [-0.25, -0.2) is 0 Å². The summed E-state index contributed by atoms with van der Waals surface area (Å²) in [6.45, 7) is 10.6. The molecule has 3 rings (SSSR count). The lowest BCUT2D eigenvalue weighted by molar-refractivity contribution is -0.118. The molecule has 0 spiro atoms. The van der Waals surface area contributed by atoms with Crippen LogP contribution in [0, 0.1) is 0 Å². The standard InChI is InChI=1S/C29H34N2O3/c1-6-20(2)25-12-7-8-13-26(25)34-19-27(32)30-23-10-9-11-24(18-23)31-28(33)21-14-16-22(17-15-21)29(3,4)5/h7-18,20H,6,19H2,1-5H3,(H,30,32)(H,31,33). The Morgan fingerprint density at radius 2 is 1.53 bits per heavy atom. The number of amides is 2. The minimum absolute atomic E-state index is 0.0294. The van der Waals surface area contributed by atoms with Crippen molar-refractivity contribution in [1.82, 2.24) is 0 Å². The normalized spacial score (nSPS) is 12.0. The maximum atomic E-state index is 12.7. The predicted molar refractivity (Wildman–Crippen MR) is 139 cm³/mol. The highest BCUT2D eigenvalue weighted by molar-refractivity contribution is 6.04. The number of hydrogen-bond acceptors (Lipinski definition) is 3. The average Bonchev–Trinajstić information content (AvgIpc) is 2.82. The number of carbonyl (C=O) groups is 2. The van der Waals surface area contributed by atoms with Gasteiger partial charge in [-0.15, -0.1) is 0 Å². The second-order valence-corrected chi connectivity index (χ2v) is 9.55. The van der Waals surface area contributed by atoms with Gasteiger partial charge in [0.25, 0.3) is 11.8 Å². The number of hydrogen-bond donors (Lipinski definition) is 2.